The maximum Gasteiger partial charge on any atom is 0.216 e. The first-order valence-corrected chi connectivity index (χ1v) is 4.89. The normalized spacial score (nSPS) is 11.0. The number of nitrogens with one attached hydrogen (secondary N) is 1. The number of aromatic nitrogens is 3. The highest BCUT2D eigenvalue weighted by Gasteiger charge is 1.90. The Balaban J connectivity index is 2.26. The molecule has 1 N–H and O–H groups in total. The summed E-state index contributed by atoms with van der Waals surface area (Å²) in [6.07, 6.45) is 3.28. The summed E-state index contributed by atoms with van der Waals surface area (Å²) in [4.78, 5) is 0. The van der Waals surface area contributed by atoms with Crippen LogP contribution in [0.3, 0.4) is 0 Å². The molecule has 0 unspecified atom stereocenters. The Kier molecular flexibility index (Phi) is 2.73. The van der Waals surface area contributed by atoms with Crippen LogP contribution >= 0.6 is 12.2 Å². The van der Waals surface area contributed by atoms with Crippen LogP contribution < -0.4 is 0 Å². The summed E-state index contributed by atoms with van der Waals surface area (Å²) in [5, 5.41) is 10.6. The van der Waals surface area contributed by atoms with Crippen LogP contribution in [0.5, 0.6) is 0 Å². The minimum absolute atomic E-state index is 0.485. The van der Waals surface area contributed by atoms with Gasteiger partial charge < -0.3 is 0 Å². The van der Waals surface area contributed by atoms with Crippen molar-refractivity contribution in [3.8, 4) is 0 Å². The molecule has 4 nitrogen and oxygen atoms in total. The van der Waals surface area contributed by atoms with E-state index in [1.807, 2.05) is 31.2 Å². The van der Waals surface area contributed by atoms with Gasteiger partial charge in [0, 0.05) is 0 Å². The van der Waals surface area contributed by atoms with Crippen molar-refractivity contribution in [3.63, 3.8) is 0 Å². The van der Waals surface area contributed by atoms with Gasteiger partial charge in [-0.15, -0.1) is 0 Å². The van der Waals surface area contributed by atoms with Gasteiger partial charge in [0.15, 0.2) is 0 Å². The highest BCUT2D eigenvalue weighted by atomic mass is 32.1. The number of rotatable bonds is 2. The van der Waals surface area contributed by atoms with Gasteiger partial charge in [0.1, 0.15) is 6.33 Å². The molecule has 1 aromatic heterocycles. The summed E-state index contributed by atoms with van der Waals surface area (Å²) >= 11 is 4.96. The lowest BCUT2D eigenvalue weighted by Gasteiger charge is -1.94. The van der Waals surface area contributed by atoms with E-state index in [-0.39, 0.29) is 0 Å². The smallest absolute Gasteiger partial charge is 0.216 e. The van der Waals surface area contributed by atoms with Crippen molar-refractivity contribution in [2.45, 2.75) is 6.92 Å². The molecule has 0 aliphatic carbocycles. The molecule has 2 rings (SSSR count). The van der Waals surface area contributed by atoms with Gasteiger partial charge in [-0.25, -0.2) is 0 Å². The van der Waals surface area contributed by atoms with E-state index in [9.17, 15) is 0 Å². The number of aromatic amines is 1. The highest BCUT2D eigenvalue weighted by molar-refractivity contribution is 7.71. The second-order valence-electron chi connectivity index (χ2n) is 3.16. The van der Waals surface area contributed by atoms with E-state index in [4.69, 9.17) is 12.2 Å². The summed E-state index contributed by atoms with van der Waals surface area (Å²) in [6, 6.07) is 8.07. The summed E-state index contributed by atoms with van der Waals surface area (Å²) < 4.78 is 2.00. The first-order valence-electron chi connectivity index (χ1n) is 4.49. The molecule has 0 fully saturated rings. The number of hydrogen-bond acceptors (Lipinski definition) is 3. The highest BCUT2D eigenvalue weighted by Crippen LogP contribution is 2.01. The molecule has 0 aliphatic heterocycles. The van der Waals surface area contributed by atoms with Gasteiger partial charge >= 0.3 is 0 Å². The van der Waals surface area contributed by atoms with Crippen molar-refractivity contribution < 1.29 is 0 Å². The topological polar surface area (TPSA) is 46.0 Å². The largest absolute Gasteiger partial charge is 0.250 e. The monoisotopic (exact) mass is 218 g/mol. The van der Waals surface area contributed by atoms with E-state index in [2.05, 4.69) is 15.3 Å². The summed E-state index contributed by atoms with van der Waals surface area (Å²) in [7, 11) is 0. The third-order valence-electron chi connectivity index (χ3n) is 1.91. The molecule has 0 amide bonds. The van der Waals surface area contributed by atoms with Gasteiger partial charge in [-0.1, -0.05) is 29.8 Å². The van der Waals surface area contributed by atoms with Gasteiger partial charge in [0.05, 0.1) is 6.21 Å². The molecule has 0 aliphatic rings. The van der Waals surface area contributed by atoms with E-state index in [1.165, 1.54) is 16.6 Å². The van der Waals surface area contributed by atoms with E-state index >= 15 is 0 Å². The zero-order valence-electron chi connectivity index (χ0n) is 8.21. The van der Waals surface area contributed by atoms with Gasteiger partial charge in [-0.2, -0.15) is 14.9 Å². The summed E-state index contributed by atoms with van der Waals surface area (Å²) in [5.74, 6) is 0. The Labute approximate surface area is 92.3 Å². The van der Waals surface area contributed by atoms with Gasteiger partial charge in [0.25, 0.3) is 0 Å². The molecule has 0 atom stereocenters. The average Bonchev–Trinajstić information content (AvgIpc) is 2.61. The lowest BCUT2D eigenvalue weighted by Crippen LogP contribution is -1.89. The van der Waals surface area contributed by atoms with Crippen LogP contribution in [0.15, 0.2) is 35.7 Å². The van der Waals surface area contributed by atoms with Crippen LogP contribution in [0, 0.1) is 11.7 Å². The predicted molar refractivity (Wildman–Crippen MR) is 61.6 cm³/mol. The number of nitrogens with zero attached hydrogens (tertiary/aromatic N) is 3. The number of hydrogen-bond donors (Lipinski definition) is 1. The zero-order valence-corrected chi connectivity index (χ0v) is 9.03. The Morgan fingerprint density at radius 2 is 2.40 bits per heavy atom. The van der Waals surface area contributed by atoms with Crippen molar-refractivity contribution in [1.82, 2.24) is 14.9 Å². The van der Waals surface area contributed by atoms with Crippen molar-refractivity contribution >= 4 is 18.4 Å². The molecule has 1 heterocycles. The Hall–Kier alpha value is -1.75. The molecule has 0 radical (unpaired) electrons. The number of benzene rings is 1. The molecule has 2 aromatic rings. The van der Waals surface area contributed by atoms with E-state index < -0.39 is 0 Å². The fourth-order valence-electron chi connectivity index (χ4n) is 1.20. The molecular formula is C10H10N4S. The summed E-state index contributed by atoms with van der Waals surface area (Å²) in [6.45, 7) is 2.04. The van der Waals surface area contributed by atoms with Gasteiger partial charge in [0.2, 0.25) is 4.77 Å². The van der Waals surface area contributed by atoms with Gasteiger partial charge in [-0.3, -0.25) is 5.10 Å². The quantitative estimate of drug-likeness (QED) is 0.620. The average molecular weight is 218 g/mol. The number of H-pyrrole nitrogens is 1. The molecule has 0 bridgehead atoms. The third-order valence-corrected chi connectivity index (χ3v) is 2.19. The SMILES string of the molecule is Cc1cccc(/C=N\n2cn[nH]c2=S)c1. The van der Waals surface area contributed by atoms with Crippen molar-refractivity contribution in [3.05, 3.63) is 46.5 Å². The molecule has 5 heteroatoms. The summed E-state index contributed by atoms with van der Waals surface area (Å²) in [5.41, 5.74) is 2.24. The maximum absolute atomic E-state index is 4.96. The Morgan fingerprint density at radius 3 is 3.07 bits per heavy atom. The predicted octanol–water partition coefficient (Wildman–Crippen LogP) is 2.13. The second kappa shape index (κ2) is 4.18. The van der Waals surface area contributed by atoms with E-state index in [1.54, 1.807) is 6.21 Å². The minimum atomic E-state index is 0.485. The lowest BCUT2D eigenvalue weighted by atomic mass is 10.2. The molecule has 15 heavy (non-hydrogen) atoms. The van der Waals surface area contributed by atoms with Crippen LogP contribution in [0.25, 0.3) is 0 Å². The Morgan fingerprint density at radius 1 is 1.53 bits per heavy atom. The molecule has 0 spiro atoms. The first-order chi connectivity index (χ1) is 7.25. The Bertz CT molecular complexity index is 538. The van der Waals surface area contributed by atoms with Crippen LogP contribution in [0.2, 0.25) is 0 Å². The molecule has 76 valence electrons. The fourth-order valence-corrected chi connectivity index (χ4v) is 1.35. The third kappa shape index (κ3) is 2.38. The zero-order chi connectivity index (χ0) is 10.7. The lowest BCUT2D eigenvalue weighted by molar-refractivity contribution is 0.863. The van der Waals surface area contributed by atoms with E-state index in [0.29, 0.717) is 4.77 Å². The molecular weight excluding hydrogens is 208 g/mol. The second-order valence-corrected chi connectivity index (χ2v) is 3.55. The van der Waals surface area contributed by atoms with Crippen LogP contribution in [0.1, 0.15) is 11.1 Å². The molecule has 0 saturated heterocycles. The molecule has 1 aromatic carbocycles. The van der Waals surface area contributed by atoms with Crippen LogP contribution in [0.4, 0.5) is 0 Å². The van der Waals surface area contributed by atoms with Gasteiger partial charge in [-0.05, 0) is 24.7 Å². The van der Waals surface area contributed by atoms with Crippen LogP contribution in [-0.2, 0) is 0 Å². The molecule has 0 saturated carbocycles. The standard InChI is InChI=1S/C10H10N4S/c1-8-3-2-4-9(5-8)6-12-14-7-11-13-10(14)15/h2-7H,1H3,(H,13,15)/b12-6-. The fraction of sp³-hybridized carbons (Fsp3) is 0.100. The van der Waals surface area contributed by atoms with Crippen molar-refractivity contribution in [1.29, 1.82) is 0 Å². The van der Waals surface area contributed by atoms with Crippen LogP contribution in [-0.4, -0.2) is 21.1 Å². The maximum atomic E-state index is 4.96. The van der Waals surface area contributed by atoms with E-state index in [0.717, 1.165) is 5.56 Å². The van der Waals surface area contributed by atoms with Crippen molar-refractivity contribution in [2.24, 2.45) is 5.10 Å². The first kappa shape index (κ1) is 9.79. The minimum Gasteiger partial charge on any atom is -0.250 e. The number of aryl methyl sites for hydroxylation is 1. The van der Waals surface area contributed by atoms with Crippen molar-refractivity contribution in [2.75, 3.05) is 0 Å².